The number of carbonyl (C=O) groups is 1. The topological polar surface area (TPSA) is 41.6 Å². The Bertz CT molecular complexity index is 995. The molecule has 140 valence electrons. The third-order valence-electron chi connectivity index (χ3n) is 4.68. The average molecular weight is 370 g/mol. The number of hydrazine groups is 1. The summed E-state index contributed by atoms with van der Waals surface area (Å²) in [7, 11) is 0. The summed E-state index contributed by atoms with van der Waals surface area (Å²) in [6.07, 6.45) is 1.91. The Labute approximate surface area is 165 Å². The number of anilines is 1. The predicted molar refractivity (Wildman–Crippen MR) is 112 cm³/mol. The maximum Gasteiger partial charge on any atom is 0.269 e. The Morgan fingerprint density at radius 2 is 1.68 bits per heavy atom. The number of hydrogen-bond acceptors (Lipinski definition) is 3. The lowest BCUT2D eigenvalue weighted by Gasteiger charge is -2.15. The highest BCUT2D eigenvalue weighted by Crippen LogP contribution is 2.25. The molecule has 1 aliphatic heterocycles. The van der Waals surface area contributed by atoms with Crippen LogP contribution in [0.25, 0.3) is 6.08 Å². The third-order valence-corrected chi connectivity index (χ3v) is 4.68. The summed E-state index contributed by atoms with van der Waals surface area (Å²) < 4.78 is 6.00. The normalized spacial score (nSPS) is 15.2. The van der Waals surface area contributed by atoms with Crippen LogP contribution in [-0.2, 0) is 11.4 Å². The van der Waals surface area contributed by atoms with E-state index in [1.54, 1.807) is 5.01 Å². The van der Waals surface area contributed by atoms with Gasteiger partial charge in [-0.2, -0.15) is 0 Å². The Morgan fingerprint density at radius 1 is 0.964 bits per heavy atom. The van der Waals surface area contributed by atoms with E-state index >= 15 is 0 Å². The monoisotopic (exact) mass is 370 g/mol. The van der Waals surface area contributed by atoms with Crippen molar-refractivity contribution in [3.05, 3.63) is 101 Å². The standard InChI is InChI=1S/C24H22N2O2/c1-18-11-13-22(14-12-18)26-24(27)21(16-25-26)15-20-9-5-6-10-23(20)28-17-19-7-3-2-4-8-19/h2-15,25H,16-17H2,1H3. The first-order valence-electron chi connectivity index (χ1n) is 9.32. The number of carbonyl (C=O) groups excluding carboxylic acids is 1. The van der Waals surface area contributed by atoms with Crippen LogP contribution < -0.4 is 15.2 Å². The Balaban J connectivity index is 1.53. The van der Waals surface area contributed by atoms with Gasteiger partial charge < -0.3 is 4.74 Å². The van der Waals surface area contributed by atoms with Crippen molar-refractivity contribution in [3.63, 3.8) is 0 Å². The molecule has 3 aromatic carbocycles. The fourth-order valence-electron chi connectivity index (χ4n) is 3.12. The molecule has 1 saturated heterocycles. The molecule has 1 amide bonds. The van der Waals surface area contributed by atoms with E-state index in [0.29, 0.717) is 18.7 Å². The molecule has 0 aliphatic carbocycles. The fourth-order valence-corrected chi connectivity index (χ4v) is 3.12. The molecule has 1 fully saturated rings. The van der Waals surface area contributed by atoms with Crippen molar-refractivity contribution in [1.82, 2.24) is 5.43 Å². The second-order valence-corrected chi connectivity index (χ2v) is 6.79. The number of nitrogens with one attached hydrogen (secondary N) is 1. The summed E-state index contributed by atoms with van der Waals surface area (Å²) in [6.45, 7) is 3.00. The first-order valence-corrected chi connectivity index (χ1v) is 9.32. The van der Waals surface area contributed by atoms with E-state index in [-0.39, 0.29) is 5.91 Å². The lowest BCUT2D eigenvalue weighted by molar-refractivity contribution is -0.114. The lowest BCUT2D eigenvalue weighted by Crippen LogP contribution is -2.34. The van der Waals surface area contributed by atoms with Crippen molar-refractivity contribution >= 4 is 17.7 Å². The van der Waals surface area contributed by atoms with E-state index < -0.39 is 0 Å². The van der Waals surface area contributed by atoms with Crippen molar-refractivity contribution in [2.75, 3.05) is 11.6 Å². The number of hydrogen-bond donors (Lipinski definition) is 1. The van der Waals surface area contributed by atoms with Gasteiger partial charge in [0.05, 0.1) is 5.69 Å². The van der Waals surface area contributed by atoms with Crippen LogP contribution >= 0.6 is 0 Å². The molecule has 3 aromatic rings. The molecule has 4 nitrogen and oxygen atoms in total. The number of ether oxygens (including phenoxy) is 1. The number of benzene rings is 3. The van der Waals surface area contributed by atoms with Crippen LogP contribution in [-0.4, -0.2) is 12.5 Å². The van der Waals surface area contributed by atoms with Gasteiger partial charge >= 0.3 is 0 Å². The van der Waals surface area contributed by atoms with Gasteiger partial charge in [0, 0.05) is 17.7 Å². The van der Waals surface area contributed by atoms with Crippen LogP contribution in [0.3, 0.4) is 0 Å². The molecule has 0 unspecified atom stereocenters. The number of nitrogens with zero attached hydrogens (tertiary/aromatic N) is 1. The first kappa shape index (κ1) is 18.0. The SMILES string of the molecule is Cc1ccc(N2NCC(=Cc3ccccc3OCc3ccccc3)C2=O)cc1. The van der Waals surface area contributed by atoms with Gasteiger partial charge in [-0.05, 0) is 36.8 Å². The second-order valence-electron chi connectivity index (χ2n) is 6.79. The highest BCUT2D eigenvalue weighted by atomic mass is 16.5. The molecule has 4 rings (SSSR count). The molecule has 0 aromatic heterocycles. The van der Waals surface area contributed by atoms with Crippen LogP contribution in [0.4, 0.5) is 5.69 Å². The van der Waals surface area contributed by atoms with Crippen molar-refractivity contribution < 1.29 is 9.53 Å². The third kappa shape index (κ3) is 3.97. The van der Waals surface area contributed by atoms with Gasteiger partial charge in [-0.25, -0.2) is 10.4 Å². The van der Waals surface area contributed by atoms with Crippen molar-refractivity contribution in [3.8, 4) is 5.75 Å². The Kier molecular flexibility index (Phi) is 5.22. The molecule has 28 heavy (non-hydrogen) atoms. The van der Waals surface area contributed by atoms with E-state index in [1.807, 2.05) is 91.9 Å². The van der Waals surface area contributed by atoms with Gasteiger partial charge in [-0.3, -0.25) is 4.79 Å². The predicted octanol–water partition coefficient (Wildman–Crippen LogP) is 4.51. The first-order chi connectivity index (χ1) is 13.7. The maximum absolute atomic E-state index is 12.8. The summed E-state index contributed by atoms with van der Waals surface area (Å²) in [5.41, 5.74) is 7.88. The Hall–Kier alpha value is -3.37. The molecule has 1 N–H and O–H groups in total. The molecule has 4 heteroatoms. The zero-order chi connectivity index (χ0) is 19.3. The van der Waals surface area contributed by atoms with E-state index in [4.69, 9.17) is 4.74 Å². The van der Waals surface area contributed by atoms with E-state index in [2.05, 4.69) is 5.43 Å². The maximum atomic E-state index is 12.8. The summed E-state index contributed by atoms with van der Waals surface area (Å²) in [6, 6.07) is 25.7. The second kappa shape index (κ2) is 8.11. The van der Waals surface area contributed by atoms with Crippen molar-refractivity contribution in [1.29, 1.82) is 0 Å². The molecule has 0 saturated carbocycles. The molecular formula is C24H22N2O2. The van der Waals surface area contributed by atoms with Gasteiger partial charge in [-0.15, -0.1) is 0 Å². The molecule has 0 bridgehead atoms. The highest BCUT2D eigenvalue weighted by molar-refractivity contribution is 6.10. The summed E-state index contributed by atoms with van der Waals surface area (Å²) in [5.74, 6) is 0.724. The molecule has 1 heterocycles. The minimum Gasteiger partial charge on any atom is -0.488 e. The minimum atomic E-state index is -0.0401. The summed E-state index contributed by atoms with van der Waals surface area (Å²) in [4.78, 5) is 12.8. The molecular weight excluding hydrogens is 348 g/mol. The van der Waals surface area contributed by atoms with Crippen LogP contribution in [0, 0.1) is 6.92 Å². The number of para-hydroxylation sites is 1. The van der Waals surface area contributed by atoms with Crippen LogP contribution in [0.15, 0.2) is 84.4 Å². The van der Waals surface area contributed by atoms with Gasteiger partial charge in [0.2, 0.25) is 0 Å². The number of amides is 1. The van der Waals surface area contributed by atoms with E-state index in [1.165, 1.54) is 0 Å². The highest BCUT2D eigenvalue weighted by Gasteiger charge is 2.27. The largest absolute Gasteiger partial charge is 0.488 e. The van der Waals surface area contributed by atoms with Crippen LogP contribution in [0.2, 0.25) is 0 Å². The minimum absolute atomic E-state index is 0.0401. The van der Waals surface area contributed by atoms with Gasteiger partial charge in [0.15, 0.2) is 0 Å². The number of aryl methyl sites for hydroxylation is 1. The van der Waals surface area contributed by atoms with E-state index in [0.717, 1.165) is 28.1 Å². The zero-order valence-corrected chi connectivity index (χ0v) is 15.8. The lowest BCUT2D eigenvalue weighted by atomic mass is 10.1. The molecule has 0 radical (unpaired) electrons. The molecule has 1 aliphatic rings. The van der Waals surface area contributed by atoms with E-state index in [9.17, 15) is 4.79 Å². The van der Waals surface area contributed by atoms with Crippen LogP contribution in [0.5, 0.6) is 5.75 Å². The summed E-state index contributed by atoms with van der Waals surface area (Å²) in [5, 5.41) is 1.60. The number of rotatable bonds is 5. The Morgan fingerprint density at radius 3 is 2.46 bits per heavy atom. The molecule has 0 spiro atoms. The quantitative estimate of drug-likeness (QED) is 0.672. The van der Waals surface area contributed by atoms with Gasteiger partial charge in [0.25, 0.3) is 5.91 Å². The van der Waals surface area contributed by atoms with Gasteiger partial charge in [0.1, 0.15) is 12.4 Å². The van der Waals surface area contributed by atoms with Crippen molar-refractivity contribution in [2.45, 2.75) is 13.5 Å². The summed E-state index contributed by atoms with van der Waals surface area (Å²) >= 11 is 0. The van der Waals surface area contributed by atoms with Gasteiger partial charge in [-0.1, -0.05) is 66.2 Å². The van der Waals surface area contributed by atoms with Crippen molar-refractivity contribution in [2.24, 2.45) is 0 Å². The fraction of sp³-hybridized carbons (Fsp3) is 0.125. The zero-order valence-electron chi connectivity index (χ0n) is 15.8. The molecule has 0 atom stereocenters. The smallest absolute Gasteiger partial charge is 0.269 e. The van der Waals surface area contributed by atoms with Crippen LogP contribution in [0.1, 0.15) is 16.7 Å². The average Bonchev–Trinajstić information content (AvgIpc) is 3.09.